The molecule has 9 heteroatoms. The van der Waals surface area contributed by atoms with Gasteiger partial charge in [0.1, 0.15) is 17.6 Å². The lowest BCUT2D eigenvalue weighted by Crippen LogP contribution is -2.35. The number of carbonyl (C=O) groups excluding carboxylic acids is 2. The van der Waals surface area contributed by atoms with E-state index in [9.17, 15) is 9.59 Å². The number of amides is 2. The van der Waals surface area contributed by atoms with Gasteiger partial charge < -0.3 is 24.8 Å². The number of anilines is 2. The number of nitrogens with one attached hydrogen (secondary N) is 2. The van der Waals surface area contributed by atoms with Crippen LogP contribution in [0.2, 0.25) is 0 Å². The number of carbonyl (C=O) groups is 2. The summed E-state index contributed by atoms with van der Waals surface area (Å²) in [7, 11) is 4.67. The highest BCUT2D eigenvalue weighted by Crippen LogP contribution is 2.38. The molecular weight excluding hydrogens is 400 g/mol. The van der Waals surface area contributed by atoms with Gasteiger partial charge in [0.15, 0.2) is 11.5 Å². The number of methoxy groups -OCH3 is 3. The number of benzene rings is 2. The summed E-state index contributed by atoms with van der Waals surface area (Å²) in [4.78, 5) is 25.4. The van der Waals surface area contributed by atoms with Crippen molar-refractivity contribution in [2.45, 2.75) is 12.5 Å². The Morgan fingerprint density at radius 1 is 1.10 bits per heavy atom. The SMILES string of the molecule is COc1cccc(NC(=O)[C@@H]2CC(=O)Nc3c(-c4ccc(OC)c(OC)c4)cnn32)c1. The molecule has 160 valence electrons. The van der Waals surface area contributed by atoms with Gasteiger partial charge in [0, 0.05) is 17.3 Å². The predicted octanol–water partition coefficient (Wildman–Crippen LogP) is 3.10. The Balaban J connectivity index is 1.66. The average Bonchev–Trinajstić information content (AvgIpc) is 3.21. The molecule has 1 atom stereocenters. The molecule has 1 aliphatic heterocycles. The fourth-order valence-corrected chi connectivity index (χ4v) is 3.51. The Morgan fingerprint density at radius 3 is 2.65 bits per heavy atom. The molecule has 0 spiro atoms. The third-order valence-corrected chi connectivity index (χ3v) is 5.06. The highest BCUT2D eigenvalue weighted by molar-refractivity contribution is 6.03. The third kappa shape index (κ3) is 3.89. The van der Waals surface area contributed by atoms with Gasteiger partial charge in [-0.3, -0.25) is 9.59 Å². The number of ether oxygens (including phenoxy) is 3. The molecule has 31 heavy (non-hydrogen) atoms. The van der Waals surface area contributed by atoms with Crippen LogP contribution in [0.15, 0.2) is 48.7 Å². The van der Waals surface area contributed by atoms with Gasteiger partial charge >= 0.3 is 0 Å². The summed E-state index contributed by atoms with van der Waals surface area (Å²) in [6.07, 6.45) is 1.60. The van der Waals surface area contributed by atoms with E-state index >= 15 is 0 Å². The predicted molar refractivity (Wildman–Crippen MR) is 115 cm³/mol. The van der Waals surface area contributed by atoms with Crippen molar-refractivity contribution in [1.29, 1.82) is 0 Å². The van der Waals surface area contributed by atoms with E-state index in [4.69, 9.17) is 14.2 Å². The zero-order valence-corrected chi connectivity index (χ0v) is 17.3. The molecule has 0 bridgehead atoms. The quantitative estimate of drug-likeness (QED) is 0.633. The number of hydrogen-bond donors (Lipinski definition) is 2. The molecule has 1 aliphatic rings. The summed E-state index contributed by atoms with van der Waals surface area (Å²) in [5, 5.41) is 10.1. The fourth-order valence-electron chi connectivity index (χ4n) is 3.51. The Bertz CT molecular complexity index is 1140. The van der Waals surface area contributed by atoms with Gasteiger partial charge in [-0.15, -0.1) is 0 Å². The lowest BCUT2D eigenvalue weighted by molar-refractivity contribution is -0.125. The van der Waals surface area contributed by atoms with E-state index < -0.39 is 6.04 Å². The zero-order valence-electron chi connectivity index (χ0n) is 17.3. The van der Waals surface area contributed by atoms with Crippen molar-refractivity contribution in [2.75, 3.05) is 32.0 Å². The van der Waals surface area contributed by atoms with Gasteiger partial charge in [-0.25, -0.2) is 4.68 Å². The van der Waals surface area contributed by atoms with E-state index in [1.54, 1.807) is 63.9 Å². The first-order valence-electron chi connectivity index (χ1n) is 9.58. The Morgan fingerprint density at radius 2 is 1.90 bits per heavy atom. The first-order chi connectivity index (χ1) is 15.0. The topological polar surface area (TPSA) is 104 Å². The number of rotatable bonds is 6. The Kier molecular flexibility index (Phi) is 5.48. The van der Waals surface area contributed by atoms with Crippen molar-refractivity contribution in [2.24, 2.45) is 0 Å². The summed E-state index contributed by atoms with van der Waals surface area (Å²) in [6.45, 7) is 0. The van der Waals surface area contributed by atoms with Crippen LogP contribution in [0.25, 0.3) is 11.1 Å². The highest BCUT2D eigenvalue weighted by Gasteiger charge is 2.33. The molecule has 0 fully saturated rings. The van der Waals surface area contributed by atoms with Crippen LogP contribution < -0.4 is 24.8 Å². The van der Waals surface area contributed by atoms with Gasteiger partial charge in [-0.1, -0.05) is 12.1 Å². The van der Waals surface area contributed by atoms with Crippen LogP contribution in [-0.2, 0) is 9.59 Å². The fraction of sp³-hybridized carbons (Fsp3) is 0.227. The molecule has 0 saturated carbocycles. The van der Waals surface area contributed by atoms with Crippen molar-refractivity contribution in [1.82, 2.24) is 9.78 Å². The van der Waals surface area contributed by atoms with Gasteiger partial charge in [-0.05, 0) is 29.8 Å². The van der Waals surface area contributed by atoms with Crippen molar-refractivity contribution >= 4 is 23.3 Å². The molecule has 9 nitrogen and oxygen atoms in total. The van der Waals surface area contributed by atoms with Crippen LogP contribution in [-0.4, -0.2) is 42.9 Å². The lowest BCUT2D eigenvalue weighted by Gasteiger charge is -2.24. The van der Waals surface area contributed by atoms with Crippen LogP contribution in [0, 0.1) is 0 Å². The lowest BCUT2D eigenvalue weighted by atomic mass is 10.1. The van der Waals surface area contributed by atoms with Crippen LogP contribution in [0.1, 0.15) is 12.5 Å². The van der Waals surface area contributed by atoms with Crippen molar-refractivity contribution in [3.05, 3.63) is 48.7 Å². The maximum absolute atomic E-state index is 13.0. The van der Waals surface area contributed by atoms with Crippen LogP contribution in [0.5, 0.6) is 17.2 Å². The summed E-state index contributed by atoms with van der Waals surface area (Å²) in [6, 6.07) is 11.6. The van der Waals surface area contributed by atoms with Crippen LogP contribution in [0.3, 0.4) is 0 Å². The molecule has 0 unspecified atom stereocenters. The molecule has 2 N–H and O–H groups in total. The summed E-state index contributed by atoms with van der Waals surface area (Å²) < 4.78 is 17.4. The van der Waals surface area contributed by atoms with E-state index in [1.165, 1.54) is 4.68 Å². The average molecular weight is 422 g/mol. The van der Waals surface area contributed by atoms with Crippen molar-refractivity contribution in [3.8, 4) is 28.4 Å². The number of fused-ring (bicyclic) bond motifs is 1. The summed E-state index contributed by atoms with van der Waals surface area (Å²) >= 11 is 0. The second-order valence-corrected chi connectivity index (χ2v) is 6.91. The zero-order chi connectivity index (χ0) is 22.0. The molecule has 1 aromatic heterocycles. The Labute approximate surface area is 178 Å². The first-order valence-corrected chi connectivity index (χ1v) is 9.58. The molecule has 2 heterocycles. The van der Waals surface area contributed by atoms with E-state index in [0.29, 0.717) is 34.3 Å². The molecule has 0 radical (unpaired) electrons. The Hall–Kier alpha value is -4.01. The van der Waals surface area contributed by atoms with Gasteiger partial charge in [0.25, 0.3) is 0 Å². The minimum atomic E-state index is -0.788. The molecular formula is C22H22N4O5. The molecule has 3 aromatic rings. The van der Waals surface area contributed by atoms with E-state index in [1.807, 2.05) is 6.07 Å². The molecule has 2 amide bonds. The molecule has 0 aliphatic carbocycles. The number of nitrogens with zero attached hydrogens (tertiary/aromatic N) is 2. The second-order valence-electron chi connectivity index (χ2n) is 6.91. The van der Waals surface area contributed by atoms with Gasteiger partial charge in [0.05, 0.1) is 33.9 Å². The largest absolute Gasteiger partial charge is 0.497 e. The number of hydrogen-bond acceptors (Lipinski definition) is 6. The second kappa shape index (κ2) is 8.39. The first kappa shape index (κ1) is 20.3. The minimum absolute atomic E-state index is 0.0180. The van der Waals surface area contributed by atoms with E-state index in [-0.39, 0.29) is 18.2 Å². The monoisotopic (exact) mass is 422 g/mol. The van der Waals surface area contributed by atoms with Crippen molar-refractivity contribution < 1.29 is 23.8 Å². The van der Waals surface area contributed by atoms with Crippen LogP contribution in [0.4, 0.5) is 11.5 Å². The minimum Gasteiger partial charge on any atom is -0.497 e. The van der Waals surface area contributed by atoms with Gasteiger partial charge in [-0.2, -0.15) is 5.10 Å². The van der Waals surface area contributed by atoms with Crippen molar-refractivity contribution in [3.63, 3.8) is 0 Å². The van der Waals surface area contributed by atoms with Gasteiger partial charge in [0.2, 0.25) is 11.8 Å². The summed E-state index contributed by atoms with van der Waals surface area (Å²) in [5.74, 6) is 1.61. The normalized spacial score (nSPS) is 14.9. The molecule has 0 saturated heterocycles. The standard InChI is InChI=1S/C22H22N4O5/c1-29-15-6-4-5-14(10-15)24-22(28)17-11-20(27)25-21-16(12-23-26(17)21)13-7-8-18(30-2)19(9-13)31-3/h4-10,12,17H,11H2,1-3H3,(H,24,28)(H,25,27)/t17-/m0/s1. The third-order valence-electron chi connectivity index (χ3n) is 5.06. The molecule has 2 aromatic carbocycles. The van der Waals surface area contributed by atoms with E-state index in [0.717, 1.165) is 5.56 Å². The molecule has 4 rings (SSSR count). The number of aromatic nitrogens is 2. The van der Waals surface area contributed by atoms with E-state index in [2.05, 4.69) is 15.7 Å². The maximum atomic E-state index is 13.0. The maximum Gasteiger partial charge on any atom is 0.249 e. The summed E-state index contributed by atoms with van der Waals surface area (Å²) in [5.41, 5.74) is 2.02. The van der Waals surface area contributed by atoms with Crippen LogP contribution >= 0.6 is 0 Å². The smallest absolute Gasteiger partial charge is 0.249 e. The highest BCUT2D eigenvalue weighted by atomic mass is 16.5.